The molecule has 2 atom stereocenters. The molecule has 0 aromatic carbocycles. The Morgan fingerprint density at radius 3 is 2.71 bits per heavy atom. The second-order valence-electron chi connectivity index (χ2n) is 5.74. The smallest absolute Gasteiger partial charge is 0.344 e. The minimum atomic E-state index is -4.17. The normalized spacial score (nSPS) is 24.8. The number of carbonyl (C=O) groups is 2. The molecule has 10 heteroatoms. The van der Waals surface area contributed by atoms with Crippen LogP contribution < -0.4 is 11.1 Å². The fourth-order valence-corrected chi connectivity index (χ4v) is 4.18. The van der Waals surface area contributed by atoms with Crippen molar-refractivity contribution in [3.05, 3.63) is 29.6 Å². The largest absolute Gasteiger partial charge is 0.616 e. The van der Waals surface area contributed by atoms with Gasteiger partial charge in [0.05, 0.1) is 13.1 Å². The summed E-state index contributed by atoms with van der Waals surface area (Å²) in [7, 11) is -4.17. The van der Waals surface area contributed by atoms with E-state index in [1.807, 2.05) is 0 Å². The van der Waals surface area contributed by atoms with Gasteiger partial charge in [-0.1, -0.05) is 6.07 Å². The summed E-state index contributed by atoms with van der Waals surface area (Å²) < 4.78 is 23.8. The Morgan fingerprint density at radius 1 is 1.33 bits per heavy atom. The van der Waals surface area contributed by atoms with Crippen LogP contribution in [0.25, 0.3) is 0 Å². The van der Waals surface area contributed by atoms with Gasteiger partial charge in [-0.25, -0.2) is 9.04 Å². The Hall–Kier alpha value is -2.04. The Kier molecular flexibility index (Phi) is 5.52. The first-order valence-corrected chi connectivity index (χ1v) is 9.00. The zero-order valence-electron chi connectivity index (χ0n) is 13.1. The van der Waals surface area contributed by atoms with Crippen molar-refractivity contribution in [2.45, 2.75) is 36.8 Å². The SMILES string of the molecule is NC(=O)CC(=O)NC1CCC[N+]([O-])(S(=O)(=O)c2ccccn2)CC1. The van der Waals surface area contributed by atoms with E-state index in [2.05, 4.69) is 10.3 Å². The quantitative estimate of drug-likeness (QED) is 0.419. The van der Waals surface area contributed by atoms with Crippen LogP contribution in [0.5, 0.6) is 0 Å². The number of carbonyl (C=O) groups excluding carboxylic acids is 2. The summed E-state index contributed by atoms with van der Waals surface area (Å²) in [6, 6.07) is 4.02. The molecule has 1 aliphatic heterocycles. The van der Waals surface area contributed by atoms with Gasteiger partial charge in [-0.05, 0) is 25.0 Å². The monoisotopic (exact) mass is 356 g/mol. The second kappa shape index (κ2) is 7.24. The molecule has 0 aliphatic carbocycles. The van der Waals surface area contributed by atoms with E-state index >= 15 is 0 Å². The first-order chi connectivity index (χ1) is 11.2. The van der Waals surface area contributed by atoms with Crippen LogP contribution in [0.1, 0.15) is 25.7 Å². The number of quaternary nitrogens is 1. The topological polar surface area (TPSA) is 142 Å². The third-order valence-electron chi connectivity index (χ3n) is 3.91. The van der Waals surface area contributed by atoms with Gasteiger partial charge in [0.15, 0.2) is 0 Å². The predicted molar refractivity (Wildman–Crippen MR) is 84.4 cm³/mol. The standard InChI is InChI=1S/C14H20N4O5S/c15-12(19)10-13(20)17-11-4-3-8-18(21,9-6-11)24(22,23)14-5-1-2-7-16-14/h1-2,5,7,11H,3-4,6,8-10H2,(H2,15,19)(H,17,20). The summed E-state index contributed by atoms with van der Waals surface area (Å²) >= 11 is 0. The molecule has 1 saturated heterocycles. The van der Waals surface area contributed by atoms with E-state index in [4.69, 9.17) is 5.73 Å². The Bertz CT molecular complexity index is 709. The molecule has 1 aromatic heterocycles. The third-order valence-corrected chi connectivity index (χ3v) is 5.92. The van der Waals surface area contributed by atoms with Crippen LogP contribution >= 0.6 is 0 Å². The highest BCUT2D eigenvalue weighted by molar-refractivity contribution is 7.85. The Balaban J connectivity index is 2.09. The van der Waals surface area contributed by atoms with Crippen molar-refractivity contribution in [1.82, 2.24) is 10.3 Å². The maximum Gasteiger partial charge on any atom is 0.344 e. The van der Waals surface area contributed by atoms with E-state index in [9.17, 15) is 23.2 Å². The number of nitrogens with zero attached hydrogens (tertiary/aromatic N) is 2. The van der Waals surface area contributed by atoms with Crippen molar-refractivity contribution in [3.8, 4) is 0 Å². The van der Waals surface area contributed by atoms with Gasteiger partial charge in [0.1, 0.15) is 6.42 Å². The fraction of sp³-hybridized carbons (Fsp3) is 0.500. The molecule has 2 unspecified atom stereocenters. The van der Waals surface area contributed by atoms with Crippen molar-refractivity contribution < 1.29 is 22.1 Å². The van der Waals surface area contributed by atoms with Gasteiger partial charge in [0.25, 0.3) is 0 Å². The van der Waals surface area contributed by atoms with Crippen LogP contribution in [0.15, 0.2) is 29.4 Å². The number of pyridine rings is 1. The molecule has 0 radical (unpaired) electrons. The van der Waals surface area contributed by atoms with E-state index in [1.54, 1.807) is 6.07 Å². The van der Waals surface area contributed by atoms with Crippen LogP contribution in [0, 0.1) is 5.21 Å². The third kappa shape index (κ3) is 4.08. The highest BCUT2D eigenvalue weighted by atomic mass is 32.2. The van der Waals surface area contributed by atoms with E-state index < -0.39 is 32.3 Å². The van der Waals surface area contributed by atoms with Crippen LogP contribution in [0.3, 0.4) is 0 Å². The summed E-state index contributed by atoms with van der Waals surface area (Å²) in [4.78, 5) is 26.1. The molecule has 24 heavy (non-hydrogen) atoms. The summed E-state index contributed by atoms with van der Waals surface area (Å²) in [6.07, 6.45) is 1.88. The van der Waals surface area contributed by atoms with Gasteiger partial charge < -0.3 is 16.3 Å². The minimum Gasteiger partial charge on any atom is -0.616 e. The van der Waals surface area contributed by atoms with Crippen LogP contribution in [0.2, 0.25) is 0 Å². The number of sulfonamides is 1. The van der Waals surface area contributed by atoms with Crippen molar-refractivity contribution in [3.63, 3.8) is 0 Å². The molecule has 0 spiro atoms. The molecule has 9 nitrogen and oxygen atoms in total. The molecule has 1 aromatic rings. The van der Waals surface area contributed by atoms with Crippen molar-refractivity contribution >= 4 is 21.8 Å². The summed E-state index contributed by atoms with van der Waals surface area (Å²) in [6.45, 7) is -0.304. The Morgan fingerprint density at radius 2 is 2.08 bits per heavy atom. The number of rotatable bonds is 5. The molecule has 132 valence electrons. The number of primary amides is 1. The van der Waals surface area contributed by atoms with Gasteiger partial charge in [0, 0.05) is 18.7 Å². The molecule has 0 bridgehead atoms. The summed E-state index contributed by atoms with van der Waals surface area (Å²) in [5.41, 5.74) is 4.95. The minimum absolute atomic E-state index is 0.110. The molecule has 2 rings (SSSR count). The molecule has 3 N–H and O–H groups in total. The molecular weight excluding hydrogens is 336 g/mol. The van der Waals surface area contributed by atoms with Crippen molar-refractivity contribution in [2.24, 2.45) is 5.73 Å². The number of nitrogens with one attached hydrogen (secondary N) is 1. The van der Waals surface area contributed by atoms with E-state index in [0.717, 1.165) is 0 Å². The molecule has 2 amide bonds. The van der Waals surface area contributed by atoms with Gasteiger partial charge in [-0.3, -0.25) is 9.59 Å². The zero-order valence-corrected chi connectivity index (χ0v) is 13.9. The van der Waals surface area contributed by atoms with Crippen LogP contribution in [-0.4, -0.2) is 48.4 Å². The van der Waals surface area contributed by atoms with E-state index in [-0.39, 0.29) is 30.6 Å². The maximum absolute atomic E-state index is 12.9. The number of amides is 2. The maximum atomic E-state index is 12.9. The molecule has 2 heterocycles. The van der Waals surface area contributed by atoms with E-state index in [1.165, 1.54) is 18.3 Å². The van der Waals surface area contributed by atoms with Gasteiger partial charge in [0.2, 0.25) is 16.8 Å². The highest BCUT2D eigenvalue weighted by Crippen LogP contribution is 2.26. The lowest BCUT2D eigenvalue weighted by molar-refractivity contribution is -0.752. The lowest BCUT2D eigenvalue weighted by Crippen LogP contribution is -2.49. The number of aromatic nitrogens is 1. The molecule has 0 saturated carbocycles. The molecule has 1 fully saturated rings. The second-order valence-corrected chi connectivity index (χ2v) is 7.78. The van der Waals surface area contributed by atoms with Crippen molar-refractivity contribution in [2.75, 3.05) is 13.1 Å². The number of hydrogen-bond donors (Lipinski definition) is 2. The Labute approximate surface area is 140 Å². The van der Waals surface area contributed by atoms with E-state index in [0.29, 0.717) is 12.8 Å². The lowest BCUT2D eigenvalue weighted by Gasteiger charge is -2.39. The van der Waals surface area contributed by atoms with Gasteiger partial charge in [-0.2, -0.15) is 8.42 Å². The fourth-order valence-electron chi connectivity index (χ4n) is 2.68. The van der Waals surface area contributed by atoms with Gasteiger partial charge >= 0.3 is 10.0 Å². The van der Waals surface area contributed by atoms with Crippen LogP contribution in [-0.2, 0) is 19.6 Å². The summed E-state index contributed by atoms with van der Waals surface area (Å²) in [5.74, 6) is -1.27. The first kappa shape index (κ1) is 18.3. The molecule has 1 aliphatic rings. The average Bonchev–Trinajstić information content (AvgIpc) is 2.70. The van der Waals surface area contributed by atoms with Gasteiger partial charge in [-0.15, -0.1) is 0 Å². The number of hydroxylamine groups is 2. The number of nitrogens with two attached hydrogens (primary N) is 1. The summed E-state index contributed by atoms with van der Waals surface area (Å²) in [5, 5.41) is 15.3. The first-order valence-electron chi connectivity index (χ1n) is 7.56. The number of hydrogen-bond acceptors (Lipinski definition) is 6. The zero-order chi connectivity index (χ0) is 17.8. The van der Waals surface area contributed by atoms with Crippen LogP contribution in [0.4, 0.5) is 0 Å². The molecular formula is C14H20N4O5S. The lowest BCUT2D eigenvalue weighted by atomic mass is 10.1. The highest BCUT2D eigenvalue weighted by Gasteiger charge is 2.38. The van der Waals surface area contributed by atoms with Crippen molar-refractivity contribution in [1.29, 1.82) is 0 Å². The predicted octanol–water partition coefficient (Wildman–Crippen LogP) is -0.371. The average molecular weight is 356 g/mol.